The quantitative estimate of drug-likeness (QED) is 0.746. The lowest BCUT2D eigenvalue weighted by atomic mass is 10.0. The van der Waals surface area contributed by atoms with E-state index in [-0.39, 0.29) is 0 Å². The van der Waals surface area contributed by atoms with E-state index >= 15 is 0 Å². The van der Waals surface area contributed by atoms with Gasteiger partial charge in [-0.05, 0) is 31.2 Å². The average molecular weight is 320 g/mol. The number of benzene rings is 1. The number of hydrogen-bond acceptors (Lipinski definition) is 4. The molecule has 0 saturated carbocycles. The summed E-state index contributed by atoms with van der Waals surface area (Å²) in [6, 6.07) is 6.96. The molecule has 23 heavy (non-hydrogen) atoms. The van der Waals surface area contributed by atoms with Crippen molar-refractivity contribution in [2.45, 2.75) is 32.2 Å². The van der Waals surface area contributed by atoms with Crippen molar-refractivity contribution >= 4 is 5.97 Å². The molecule has 1 atom stereocenters. The molecule has 0 amide bonds. The van der Waals surface area contributed by atoms with Crippen LogP contribution in [-0.2, 0) is 4.79 Å². The Hall–Kier alpha value is -1.59. The number of carbonyl (C=O) groups is 1. The third-order valence-corrected chi connectivity index (χ3v) is 4.35. The maximum atomic E-state index is 11.7. The monoisotopic (exact) mass is 320 g/mol. The average Bonchev–Trinajstić information content (AvgIpc) is 2.55. The number of ether oxygens (including phenoxy) is 1. The minimum absolute atomic E-state index is 0.571. The minimum Gasteiger partial charge on any atom is -0.494 e. The molecular formula is C18H28N2O3. The molecule has 0 aliphatic carbocycles. The molecule has 0 bridgehead atoms. The largest absolute Gasteiger partial charge is 0.494 e. The van der Waals surface area contributed by atoms with E-state index in [0.29, 0.717) is 6.61 Å². The van der Waals surface area contributed by atoms with Crippen LogP contribution in [0.2, 0.25) is 0 Å². The van der Waals surface area contributed by atoms with Crippen molar-refractivity contribution in [1.29, 1.82) is 0 Å². The molecule has 1 aromatic carbocycles. The van der Waals surface area contributed by atoms with E-state index in [1.807, 2.05) is 29.2 Å². The fraction of sp³-hybridized carbons (Fsp3) is 0.611. The highest BCUT2D eigenvalue weighted by atomic mass is 16.5. The summed E-state index contributed by atoms with van der Waals surface area (Å²) in [7, 11) is 2.07. The molecule has 1 fully saturated rings. The summed E-state index contributed by atoms with van der Waals surface area (Å²) in [6.45, 7) is 6.25. The Morgan fingerprint density at radius 3 is 2.39 bits per heavy atom. The van der Waals surface area contributed by atoms with Gasteiger partial charge >= 0.3 is 5.97 Å². The number of nitrogens with zero attached hydrogens (tertiary/aromatic N) is 2. The molecule has 0 spiro atoms. The van der Waals surface area contributed by atoms with Gasteiger partial charge in [-0.1, -0.05) is 31.9 Å². The van der Waals surface area contributed by atoms with Crippen LogP contribution in [0.3, 0.4) is 0 Å². The van der Waals surface area contributed by atoms with Gasteiger partial charge in [0.25, 0.3) is 0 Å². The standard InChI is InChI=1S/C18H28N2O3/c1-3-4-5-14-23-16-8-6-15(7-9-16)17(18(21)22)20-12-10-19(2)11-13-20/h6-9,17H,3-5,10-14H2,1-2H3,(H,21,22). The molecular weight excluding hydrogens is 292 g/mol. The summed E-state index contributed by atoms with van der Waals surface area (Å²) in [5.74, 6) is 0.0264. The molecule has 1 aromatic rings. The van der Waals surface area contributed by atoms with Crippen LogP contribution >= 0.6 is 0 Å². The fourth-order valence-corrected chi connectivity index (χ4v) is 2.88. The van der Waals surface area contributed by atoms with Gasteiger partial charge in [-0.25, -0.2) is 0 Å². The highest BCUT2D eigenvalue weighted by Crippen LogP contribution is 2.24. The Balaban J connectivity index is 1.98. The summed E-state index contributed by atoms with van der Waals surface area (Å²) in [4.78, 5) is 16.0. The van der Waals surface area contributed by atoms with Crippen molar-refractivity contribution < 1.29 is 14.6 Å². The Bertz CT molecular complexity index is 482. The van der Waals surface area contributed by atoms with Gasteiger partial charge in [0.2, 0.25) is 0 Å². The van der Waals surface area contributed by atoms with Crippen LogP contribution in [0, 0.1) is 0 Å². The van der Waals surface area contributed by atoms with Crippen molar-refractivity contribution in [2.24, 2.45) is 0 Å². The molecule has 5 nitrogen and oxygen atoms in total. The number of carboxylic acid groups (broad SMARTS) is 1. The Kier molecular flexibility index (Phi) is 6.86. The molecule has 1 unspecified atom stereocenters. The zero-order chi connectivity index (χ0) is 16.7. The Labute approximate surface area is 138 Å². The normalized spacial score (nSPS) is 17.8. The SMILES string of the molecule is CCCCCOc1ccc(C(C(=O)O)N2CCN(C)CC2)cc1. The summed E-state index contributed by atoms with van der Waals surface area (Å²) >= 11 is 0. The van der Waals surface area contributed by atoms with Crippen molar-refractivity contribution in [3.63, 3.8) is 0 Å². The minimum atomic E-state index is -0.786. The van der Waals surface area contributed by atoms with E-state index in [2.05, 4.69) is 18.9 Å². The predicted molar refractivity (Wildman–Crippen MR) is 90.9 cm³/mol. The van der Waals surface area contributed by atoms with Crippen LogP contribution in [0.15, 0.2) is 24.3 Å². The summed E-state index contributed by atoms with van der Waals surface area (Å²) in [5.41, 5.74) is 0.822. The van der Waals surface area contributed by atoms with E-state index < -0.39 is 12.0 Å². The first-order chi connectivity index (χ1) is 11.1. The molecule has 1 N–H and O–H groups in total. The smallest absolute Gasteiger partial charge is 0.325 e. The topological polar surface area (TPSA) is 53.0 Å². The number of likely N-dealkylation sites (N-methyl/N-ethyl adjacent to an activating group) is 1. The van der Waals surface area contributed by atoms with E-state index in [1.165, 1.54) is 12.8 Å². The van der Waals surface area contributed by atoms with E-state index in [9.17, 15) is 9.90 Å². The number of hydrogen-bond donors (Lipinski definition) is 1. The van der Waals surface area contributed by atoms with Crippen molar-refractivity contribution in [3.8, 4) is 5.75 Å². The fourth-order valence-electron chi connectivity index (χ4n) is 2.88. The highest BCUT2D eigenvalue weighted by molar-refractivity contribution is 5.75. The van der Waals surface area contributed by atoms with Gasteiger partial charge in [0.15, 0.2) is 0 Å². The Morgan fingerprint density at radius 1 is 1.17 bits per heavy atom. The van der Waals surface area contributed by atoms with E-state index in [1.54, 1.807) is 0 Å². The van der Waals surface area contributed by atoms with E-state index in [0.717, 1.165) is 43.9 Å². The van der Waals surface area contributed by atoms with Crippen molar-refractivity contribution in [3.05, 3.63) is 29.8 Å². The van der Waals surface area contributed by atoms with Gasteiger partial charge < -0.3 is 14.7 Å². The second-order valence-electron chi connectivity index (χ2n) is 6.20. The third-order valence-electron chi connectivity index (χ3n) is 4.35. The Morgan fingerprint density at radius 2 is 1.83 bits per heavy atom. The second-order valence-corrected chi connectivity index (χ2v) is 6.20. The van der Waals surface area contributed by atoms with Gasteiger partial charge in [0, 0.05) is 26.2 Å². The second kappa shape index (κ2) is 8.89. The van der Waals surface area contributed by atoms with Gasteiger partial charge in [0.1, 0.15) is 11.8 Å². The lowest BCUT2D eigenvalue weighted by Crippen LogP contribution is -2.47. The lowest BCUT2D eigenvalue weighted by molar-refractivity contribution is -0.144. The van der Waals surface area contributed by atoms with Gasteiger partial charge in [-0.15, -0.1) is 0 Å². The number of piperazine rings is 1. The van der Waals surface area contributed by atoms with Crippen LogP contribution in [0.1, 0.15) is 37.8 Å². The van der Waals surface area contributed by atoms with Gasteiger partial charge in [-0.2, -0.15) is 0 Å². The predicted octanol–water partition coefficient (Wildman–Crippen LogP) is 2.63. The first-order valence-electron chi connectivity index (χ1n) is 8.50. The number of rotatable bonds is 8. The highest BCUT2D eigenvalue weighted by Gasteiger charge is 2.29. The van der Waals surface area contributed by atoms with Crippen LogP contribution in [0.25, 0.3) is 0 Å². The van der Waals surface area contributed by atoms with Gasteiger partial charge in [0.05, 0.1) is 6.61 Å². The number of unbranched alkanes of at least 4 members (excludes halogenated alkanes) is 2. The van der Waals surface area contributed by atoms with Crippen LogP contribution in [0.4, 0.5) is 0 Å². The summed E-state index contributed by atoms with van der Waals surface area (Å²) in [5, 5.41) is 9.63. The molecule has 1 aliphatic rings. The number of aliphatic carboxylic acids is 1. The van der Waals surface area contributed by atoms with Crippen molar-refractivity contribution in [1.82, 2.24) is 9.80 Å². The molecule has 2 rings (SSSR count). The number of carboxylic acids is 1. The lowest BCUT2D eigenvalue weighted by Gasteiger charge is -2.36. The summed E-state index contributed by atoms with van der Waals surface area (Å²) < 4.78 is 5.70. The van der Waals surface area contributed by atoms with Crippen LogP contribution in [0.5, 0.6) is 5.75 Å². The molecule has 1 aliphatic heterocycles. The van der Waals surface area contributed by atoms with Crippen LogP contribution in [-0.4, -0.2) is 60.7 Å². The molecule has 1 heterocycles. The zero-order valence-corrected chi connectivity index (χ0v) is 14.2. The molecule has 0 radical (unpaired) electrons. The summed E-state index contributed by atoms with van der Waals surface area (Å²) in [6.07, 6.45) is 3.40. The third kappa shape index (κ3) is 5.22. The molecule has 1 saturated heterocycles. The van der Waals surface area contributed by atoms with Gasteiger partial charge in [-0.3, -0.25) is 9.69 Å². The first kappa shape index (κ1) is 17.8. The maximum Gasteiger partial charge on any atom is 0.325 e. The first-order valence-corrected chi connectivity index (χ1v) is 8.50. The molecule has 0 aromatic heterocycles. The van der Waals surface area contributed by atoms with Crippen molar-refractivity contribution in [2.75, 3.05) is 39.8 Å². The maximum absolute atomic E-state index is 11.7. The van der Waals surface area contributed by atoms with Crippen LogP contribution < -0.4 is 4.74 Å². The zero-order valence-electron chi connectivity index (χ0n) is 14.2. The molecule has 128 valence electrons. The molecule has 5 heteroatoms. The van der Waals surface area contributed by atoms with E-state index in [4.69, 9.17) is 4.74 Å².